The Morgan fingerprint density at radius 2 is 2.00 bits per heavy atom. The summed E-state index contributed by atoms with van der Waals surface area (Å²) in [6, 6.07) is 10.2. The Labute approximate surface area is 287 Å². The van der Waals surface area contributed by atoms with Crippen LogP contribution in [-0.2, 0) is 4.79 Å². The molecule has 4 aliphatic rings. The predicted molar refractivity (Wildman–Crippen MR) is 183 cm³/mol. The van der Waals surface area contributed by atoms with Gasteiger partial charge in [-0.15, -0.1) is 0 Å². The van der Waals surface area contributed by atoms with E-state index in [0.717, 1.165) is 37.7 Å². The molecule has 4 fully saturated rings. The fourth-order valence-electron chi connectivity index (χ4n) is 7.91. The molecular weight excluding hydrogens is 655 g/mol. The quantitative estimate of drug-likeness (QED) is 0.243. The van der Waals surface area contributed by atoms with E-state index in [1.165, 1.54) is 17.2 Å². The molecule has 0 bridgehead atoms. The number of fused-ring (bicyclic) bond motifs is 3. The van der Waals surface area contributed by atoms with Crippen LogP contribution in [0.1, 0.15) is 25.7 Å². The molecule has 0 spiro atoms. The summed E-state index contributed by atoms with van der Waals surface area (Å²) in [4.78, 5) is 31.9. The number of ether oxygens (including phenoxy) is 1. The van der Waals surface area contributed by atoms with Gasteiger partial charge in [0, 0.05) is 60.8 Å². The lowest BCUT2D eigenvalue weighted by Gasteiger charge is -2.31. The maximum absolute atomic E-state index is 16.8. The highest BCUT2D eigenvalue weighted by atomic mass is 35.5. The molecule has 1 N–H and O–H groups in total. The number of nitrogens with one attached hydrogen (secondary N) is 1. The Bertz CT molecular complexity index is 1960. The van der Waals surface area contributed by atoms with Crippen molar-refractivity contribution in [2.45, 2.75) is 55.6 Å². The van der Waals surface area contributed by atoms with E-state index in [2.05, 4.69) is 25.2 Å². The molecule has 13 heteroatoms. The maximum atomic E-state index is 16.8. The molecule has 1 amide bonds. The van der Waals surface area contributed by atoms with Crippen molar-refractivity contribution in [3.63, 3.8) is 0 Å². The highest BCUT2D eigenvalue weighted by Crippen LogP contribution is 2.41. The Morgan fingerprint density at radius 1 is 1.18 bits per heavy atom. The standard InChI is InChI=1S/C36H37ClF3N7O2/c1-45(28-19-46(18-27(28)39)29(48)10-9-23-11-13-41-23)34-25-16-42-32(24-7-2-5-21-6-3-8-26(37)30(21)24)31(40)33(25)43-35(44-34)49-20-36-12-4-14-47(36)17-22(38)15-36/h2-3,5-10,16,22-23,27-28,41H,4,11-15,17-20H2,1H3/b10-9+/t22-,23+,27+,28+,36+/m1/s1. The summed E-state index contributed by atoms with van der Waals surface area (Å²) in [7, 11) is 1.67. The number of carbonyl (C=O) groups excluding carboxylic acids is 1. The van der Waals surface area contributed by atoms with Crippen LogP contribution >= 0.6 is 11.6 Å². The number of anilines is 1. The van der Waals surface area contributed by atoms with E-state index >= 15 is 8.78 Å². The third kappa shape index (κ3) is 5.77. The van der Waals surface area contributed by atoms with Gasteiger partial charge in [-0.1, -0.05) is 48.0 Å². The van der Waals surface area contributed by atoms with Crippen LogP contribution in [0, 0.1) is 5.82 Å². The van der Waals surface area contributed by atoms with E-state index in [1.54, 1.807) is 24.1 Å². The predicted octanol–water partition coefficient (Wildman–Crippen LogP) is 5.50. The largest absolute Gasteiger partial charge is 0.461 e. The molecule has 256 valence electrons. The second-order valence-electron chi connectivity index (χ2n) is 13.7. The molecule has 49 heavy (non-hydrogen) atoms. The lowest BCUT2D eigenvalue weighted by Crippen LogP contribution is -2.43. The van der Waals surface area contributed by atoms with Crippen molar-refractivity contribution in [1.82, 2.24) is 30.1 Å². The van der Waals surface area contributed by atoms with Crippen LogP contribution < -0.4 is 15.0 Å². The first-order valence-corrected chi connectivity index (χ1v) is 17.2. The van der Waals surface area contributed by atoms with E-state index in [9.17, 15) is 9.18 Å². The summed E-state index contributed by atoms with van der Waals surface area (Å²) < 4.78 is 53.2. The smallest absolute Gasteiger partial charge is 0.319 e. The molecule has 5 atom stereocenters. The number of hydrogen-bond donors (Lipinski definition) is 1. The average Bonchev–Trinajstić information content (AvgIpc) is 3.74. The van der Waals surface area contributed by atoms with E-state index in [0.29, 0.717) is 28.9 Å². The van der Waals surface area contributed by atoms with Gasteiger partial charge < -0.3 is 19.9 Å². The minimum absolute atomic E-state index is 0.0475. The molecule has 9 nitrogen and oxygen atoms in total. The topological polar surface area (TPSA) is 86.7 Å². The zero-order valence-corrected chi connectivity index (χ0v) is 27.8. The van der Waals surface area contributed by atoms with Gasteiger partial charge in [-0.05, 0) is 43.8 Å². The number of hydrogen-bond acceptors (Lipinski definition) is 8. The van der Waals surface area contributed by atoms with Gasteiger partial charge in [0.15, 0.2) is 5.82 Å². The van der Waals surface area contributed by atoms with Crippen LogP contribution in [0.25, 0.3) is 32.9 Å². The van der Waals surface area contributed by atoms with Crippen LogP contribution in [-0.4, -0.2) is 107 Å². The first-order valence-electron chi connectivity index (χ1n) is 16.8. The number of carbonyl (C=O) groups is 1. The van der Waals surface area contributed by atoms with Crippen LogP contribution in [0.5, 0.6) is 6.01 Å². The van der Waals surface area contributed by atoms with Gasteiger partial charge >= 0.3 is 6.01 Å². The molecule has 0 unspecified atom stereocenters. The summed E-state index contributed by atoms with van der Waals surface area (Å²) in [5.41, 5.74) is 0.0195. The lowest BCUT2D eigenvalue weighted by atomic mass is 9.95. The van der Waals surface area contributed by atoms with Gasteiger partial charge in [-0.25, -0.2) is 13.2 Å². The Kier molecular flexibility index (Phi) is 8.36. The van der Waals surface area contributed by atoms with E-state index in [-0.39, 0.29) is 60.1 Å². The number of pyridine rings is 1. The van der Waals surface area contributed by atoms with Crippen LogP contribution in [0.15, 0.2) is 54.7 Å². The van der Waals surface area contributed by atoms with Gasteiger partial charge in [0.1, 0.15) is 36.0 Å². The van der Waals surface area contributed by atoms with Crippen molar-refractivity contribution in [1.29, 1.82) is 0 Å². The third-order valence-electron chi connectivity index (χ3n) is 10.7. The monoisotopic (exact) mass is 691 g/mol. The van der Waals surface area contributed by atoms with Crippen molar-refractivity contribution in [3.05, 3.63) is 65.6 Å². The highest BCUT2D eigenvalue weighted by molar-refractivity contribution is 6.36. The second kappa shape index (κ2) is 12.7. The van der Waals surface area contributed by atoms with Crippen molar-refractivity contribution in [3.8, 4) is 17.3 Å². The molecule has 0 saturated carbocycles. The number of alkyl halides is 2. The molecule has 0 radical (unpaired) electrons. The number of amides is 1. The zero-order valence-electron chi connectivity index (χ0n) is 27.1. The Hall–Kier alpha value is -4.00. The number of halogens is 4. The van der Waals surface area contributed by atoms with Gasteiger partial charge in [-0.3, -0.25) is 14.7 Å². The minimum Gasteiger partial charge on any atom is -0.461 e. The molecular formula is C36H37ClF3N7O2. The summed E-state index contributed by atoms with van der Waals surface area (Å²) in [5, 5.41) is 5.42. The normalized spacial score (nSPS) is 26.9. The fraction of sp³-hybridized carbons (Fsp3) is 0.444. The van der Waals surface area contributed by atoms with Gasteiger partial charge in [0.2, 0.25) is 5.91 Å². The van der Waals surface area contributed by atoms with Crippen molar-refractivity contribution in [2.24, 2.45) is 0 Å². The SMILES string of the molecule is CN(c1nc(OC[C@@]23CCCN2C[C@H](F)C3)nc2c(F)c(-c3cccc4cccc(Cl)c34)ncc12)[C@H]1CN(C(=O)/C=C/[C@H]2CCN2)C[C@@H]1F. The van der Waals surface area contributed by atoms with E-state index in [4.69, 9.17) is 16.3 Å². The number of likely N-dealkylation sites (tertiary alicyclic amines) is 1. The molecule has 2 aromatic heterocycles. The summed E-state index contributed by atoms with van der Waals surface area (Å²) in [6.45, 7) is 2.22. The zero-order chi connectivity index (χ0) is 33.9. The van der Waals surface area contributed by atoms with Crippen LogP contribution in [0.2, 0.25) is 5.02 Å². The second-order valence-corrected chi connectivity index (χ2v) is 14.1. The first-order chi connectivity index (χ1) is 23.7. The number of benzene rings is 2. The van der Waals surface area contributed by atoms with Gasteiger partial charge in [-0.2, -0.15) is 9.97 Å². The van der Waals surface area contributed by atoms with Crippen molar-refractivity contribution in [2.75, 3.05) is 51.3 Å². The molecule has 0 aliphatic carbocycles. The molecule has 8 rings (SSSR count). The molecule has 2 aromatic carbocycles. The van der Waals surface area contributed by atoms with Crippen LogP contribution in [0.4, 0.5) is 19.0 Å². The number of likely N-dealkylation sites (N-methyl/N-ethyl adjacent to an activating group) is 1. The average molecular weight is 692 g/mol. The molecule has 4 aliphatic heterocycles. The fourth-order valence-corrected chi connectivity index (χ4v) is 8.19. The maximum Gasteiger partial charge on any atom is 0.319 e. The first kappa shape index (κ1) is 32.2. The summed E-state index contributed by atoms with van der Waals surface area (Å²) >= 11 is 6.59. The number of rotatable bonds is 8. The van der Waals surface area contributed by atoms with Crippen molar-refractivity contribution >= 4 is 45.0 Å². The highest BCUT2D eigenvalue weighted by Gasteiger charge is 2.49. The van der Waals surface area contributed by atoms with Gasteiger partial charge in [0.05, 0.1) is 23.5 Å². The van der Waals surface area contributed by atoms with E-state index in [1.807, 2.05) is 30.3 Å². The number of aromatic nitrogens is 3. The van der Waals surface area contributed by atoms with Crippen molar-refractivity contribution < 1.29 is 22.7 Å². The van der Waals surface area contributed by atoms with Gasteiger partial charge in [0.25, 0.3) is 0 Å². The summed E-state index contributed by atoms with van der Waals surface area (Å²) in [6.07, 6.45) is 5.47. The molecule has 4 saturated heterocycles. The molecule has 6 heterocycles. The Balaban J connectivity index is 1.17. The van der Waals surface area contributed by atoms with Crippen LogP contribution in [0.3, 0.4) is 0 Å². The summed E-state index contributed by atoms with van der Waals surface area (Å²) in [5.74, 6) is -0.745. The van der Waals surface area contributed by atoms with E-state index < -0.39 is 29.7 Å². The molecule has 4 aromatic rings. The third-order valence-corrected chi connectivity index (χ3v) is 11.0. The minimum atomic E-state index is -1.39. The lowest BCUT2D eigenvalue weighted by molar-refractivity contribution is -0.125. The Morgan fingerprint density at radius 3 is 2.80 bits per heavy atom. The number of nitrogens with zero attached hydrogens (tertiary/aromatic N) is 6.